The third kappa shape index (κ3) is 3.41. The second kappa shape index (κ2) is 5.01. The van der Waals surface area contributed by atoms with E-state index in [1.807, 2.05) is 13.8 Å². The molecule has 17 heavy (non-hydrogen) atoms. The first-order valence-electron chi connectivity index (χ1n) is 5.56. The molecule has 0 radical (unpaired) electrons. The Labute approximate surface area is 104 Å². The fourth-order valence-electron chi connectivity index (χ4n) is 1.55. The van der Waals surface area contributed by atoms with Gasteiger partial charge in [-0.3, -0.25) is 0 Å². The van der Waals surface area contributed by atoms with Crippen LogP contribution in [0.5, 0.6) is 6.01 Å². The van der Waals surface area contributed by atoms with Crippen LogP contribution < -0.4 is 10.1 Å². The Hall–Kier alpha value is -1.14. The molecule has 1 heterocycles. The van der Waals surface area contributed by atoms with Crippen LogP contribution in [0.2, 0.25) is 5.28 Å². The molecule has 0 saturated heterocycles. The molecule has 0 bridgehead atoms. The van der Waals surface area contributed by atoms with Gasteiger partial charge < -0.3 is 15.2 Å². The van der Waals surface area contributed by atoms with Crippen molar-refractivity contribution >= 4 is 17.5 Å². The number of hydrogen-bond donors (Lipinski definition) is 2. The van der Waals surface area contributed by atoms with Crippen molar-refractivity contribution in [3.63, 3.8) is 0 Å². The molecular formula is C10H15ClN4O2. The first-order chi connectivity index (χ1) is 8.02. The smallest absolute Gasteiger partial charge is 0.322 e. The van der Waals surface area contributed by atoms with Gasteiger partial charge in [-0.2, -0.15) is 15.0 Å². The van der Waals surface area contributed by atoms with E-state index in [-0.39, 0.29) is 29.5 Å². The maximum Gasteiger partial charge on any atom is 0.322 e. The average molecular weight is 259 g/mol. The third-order valence-electron chi connectivity index (χ3n) is 2.38. The van der Waals surface area contributed by atoms with Crippen molar-refractivity contribution in [2.75, 3.05) is 5.32 Å². The summed E-state index contributed by atoms with van der Waals surface area (Å²) in [6.45, 7) is 3.76. The zero-order valence-electron chi connectivity index (χ0n) is 9.72. The Balaban J connectivity index is 2.03. The molecule has 0 aromatic carbocycles. The second-order valence-electron chi connectivity index (χ2n) is 4.34. The molecule has 7 heteroatoms. The number of anilines is 1. The number of aliphatic hydroxyl groups excluding tert-OH is 1. The SMILES string of the molecule is CC(C)Oc1nc(Cl)nc(NC2CC(O)C2)n1. The van der Waals surface area contributed by atoms with Crippen LogP contribution in [-0.2, 0) is 0 Å². The number of aromatic nitrogens is 3. The van der Waals surface area contributed by atoms with Crippen molar-refractivity contribution in [2.45, 2.75) is 44.9 Å². The Morgan fingerprint density at radius 1 is 1.35 bits per heavy atom. The number of hydrogen-bond acceptors (Lipinski definition) is 6. The highest BCUT2D eigenvalue weighted by Gasteiger charge is 2.27. The largest absolute Gasteiger partial charge is 0.461 e. The summed E-state index contributed by atoms with van der Waals surface area (Å²) in [4.78, 5) is 11.9. The van der Waals surface area contributed by atoms with Gasteiger partial charge in [0.25, 0.3) is 0 Å². The van der Waals surface area contributed by atoms with E-state index >= 15 is 0 Å². The highest BCUT2D eigenvalue weighted by molar-refractivity contribution is 6.28. The summed E-state index contributed by atoms with van der Waals surface area (Å²) in [7, 11) is 0. The zero-order chi connectivity index (χ0) is 12.4. The normalized spacial score (nSPS) is 23.4. The first kappa shape index (κ1) is 12.3. The third-order valence-corrected chi connectivity index (χ3v) is 2.54. The minimum Gasteiger partial charge on any atom is -0.461 e. The van der Waals surface area contributed by atoms with E-state index in [4.69, 9.17) is 16.3 Å². The molecule has 2 rings (SSSR count). The summed E-state index contributed by atoms with van der Waals surface area (Å²) in [5.74, 6) is 0.387. The minimum atomic E-state index is -0.226. The number of aliphatic hydroxyl groups is 1. The van der Waals surface area contributed by atoms with Gasteiger partial charge in [0.1, 0.15) is 0 Å². The van der Waals surface area contributed by atoms with E-state index in [0.29, 0.717) is 18.8 Å². The van der Waals surface area contributed by atoms with Crippen molar-refractivity contribution in [1.29, 1.82) is 0 Å². The van der Waals surface area contributed by atoms with Gasteiger partial charge in [-0.1, -0.05) is 0 Å². The van der Waals surface area contributed by atoms with Crippen molar-refractivity contribution in [1.82, 2.24) is 15.0 Å². The van der Waals surface area contributed by atoms with Crippen LogP contribution in [0, 0.1) is 0 Å². The Morgan fingerprint density at radius 2 is 2.06 bits per heavy atom. The Morgan fingerprint density at radius 3 is 2.65 bits per heavy atom. The lowest BCUT2D eigenvalue weighted by Gasteiger charge is -2.31. The number of rotatable bonds is 4. The number of nitrogens with one attached hydrogen (secondary N) is 1. The molecule has 1 fully saturated rings. The maximum absolute atomic E-state index is 9.18. The fraction of sp³-hybridized carbons (Fsp3) is 0.700. The summed E-state index contributed by atoms with van der Waals surface area (Å²) in [6.07, 6.45) is 1.15. The maximum atomic E-state index is 9.18. The van der Waals surface area contributed by atoms with Gasteiger partial charge in [0, 0.05) is 6.04 Å². The van der Waals surface area contributed by atoms with Crippen LogP contribution in [0.3, 0.4) is 0 Å². The average Bonchev–Trinajstić information content (AvgIpc) is 2.12. The van der Waals surface area contributed by atoms with Gasteiger partial charge >= 0.3 is 6.01 Å². The minimum absolute atomic E-state index is 0.0214. The predicted molar refractivity (Wildman–Crippen MR) is 63.3 cm³/mol. The number of nitrogens with zero attached hydrogens (tertiary/aromatic N) is 3. The lowest BCUT2D eigenvalue weighted by molar-refractivity contribution is 0.0833. The molecule has 0 amide bonds. The molecular weight excluding hydrogens is 244 g/mol. The molecule has 1 aliphatic carbocycles. The second-order valence-corrected chi connectivity index (χ2v) is 4.68. The summed E-state index contributed by atoms with van der Waals surface area (Å²) in [5, 5.41) is 12.4. The summed E-state index contributed by atoms with van der Waals surface area (Å²) in [5.41, 5.74) is 0. The van der Waals surface area contributed by atoms with Crippen LogP contribution in [0.15, 0.2) is 0 Å². The molecule has 1 saturated carbocycles. The summed E-state index contributed by atoms with van der Waals surface area (Å²) in [6, 6.07) is 0.401. The summed E-state index contributed by atoms with van der Waals surface area (Å²) >= 11 is 5.78. The molecule has 0 aliphatic heterocycles. The van der Waals surface area contributed by atoms with Crippen LogP contribution in [0.4, 0.5) is 5.95 Å². The van der Waals surface area contributed by atoms with Crippen molar-refractivity contribution in [3.05, 3.63) is 5.28 Å². The molecule has 0 atom stereocenters. The molecule has 0 spiro atoms. The molecule has 2 N–H and O–H groups in total. The standard InChI is InChI=1S/C10H15ClN4O2/c1-5(2)17-10-14-8(11)13-9(15-10)12-6-3-7(16)4-6/h5-7,16H,3-4H2,1-2H3,(H,12,13,14,15). The van der Waals surface area contributed by atoms with E-state index < -0.39 is 0 Å². The molecule has 94 valence electrons. The molecule has 0 unspecified atom stereocenters. The summed E-state index contributed by atoms with van der Waals surface area (Å²) < 4.78 is 5.35. The van der Waals surface area contributed by atoms with Gasteiger partial charge in [0.2, 0.25) is 11.2 Å². The highest BCUT2D eigenvalue weighted by Crippen LogP contribution is 2.23. The van der Waals surface area contributed by atoms with Crippen molar-refractivity contribution in [3.8, 4) is 6.01 Å². The van der Waals surface area contributed by atoms with Crippen LogP contribution in [-0.4, -0.2) is 38.3 Å². The topological polar surface area (TPSA) is 80.2 Å². The molecule has 1 aliphatic rings. The highest BCUT2D eigenvalue weighted by atomic mass is 35.5. The van der Waals surface area contributed by atoms with E-state index in [9.17, 15) is 5.11 Å². The molecule has 1 aromatic rings. The van der Waals surface area contributed by atoms with E-state index in [1.54, 1.807) is 0 Å². The van der Waals surface area contributed by atoms with Gasteiger partial charge in [-0.25, -0.2) is 0 Å². The molecule has 1 aromatic heterocycles. The predicted octanol–water partition coefficient (Wildman–Crippen LogP) is 1.25. The lowest BCUT2D eigenvalue weighted by atomic mass is 9.90. The van der Waals surface area contributed by atoms with Crippen molar-refractivity contribution < 1.29 is 9.84 Å². The van der Waals surface area contributed by atoms with Crippen molar-refractivity contribution in [2.24, 2.45) is 0 Å². The van der Waals surface area contributed by atoms with Gasteiger partial charge in [0.15, 0.2) is 0 Å². The van der Waals surface area contributed by atoms with E-state index in [2.05, 4.69) is 20.3 Å². The van der Waals surface area contributed by atoms with Gasteiger partial charge in [-0.05, 0) is 38.3 Å². The first-order valence-corrected chi connectivity index (χ1v) is 5.93. The van der Waals surface area contributed by atoms with Gasteiger partial charge in [-0.15, -0.1) is 0 Å². The van der Waals surface area contributed by atoms with Crippen LogP contribution in [0.25, 0.3) is 0 Å². The Bertz CT molecular complexity index is 396. The van der Waals surface area contributed by atoms with Crippen LogP contribution >= 0.6 is 11.6 Å². The lowest BCUT2D eigenvalue weighted by Crippen LogP contribution is -2.39. The van der Waals surface area contributed by atoms with E-state index in [0.717, 1.165) is 0 Å². The van der Waals surface area contributed by atoms with Gasteiger partial charge in [0.05, 0.1) is 12.2 Å². The zero-order valence-corrected chi connectivity index (χ0v) is 10.5. The number of halogens is 1. The molecule has 6 nitrogen and oxygen atoms in total. The van der Waals surface area contributed by atoms with Crippen LogP contribution in [0.1, 0.15) is 26.7 Å². The monoisotopic (exact) mass is 258 g/mol. The van der Waals surface area contributed by atoms with E-state index in [1.165, 1.54) is 0 Å². The Kier molecular flexibility index (Phi) is 3.63. The quantitative estimate of drug-likeness (QED) is 0.846. The number of ether oxygens (including phenoxy) is 1. The fourth-order valence-corrected chi connectivity index (χ4v) is 1.70.